The molecule has 0 aliphatic heterocycles. The van der Waals surface area contributed by atoms with Gasteiger partial charge >= 0.3 is 0 Å². The third kappa shape index (κ3) is 3.21. The molecule has 66 valence electrons. The molecule has 2 heteroatoms. The fraction of sp³-hybridized carbons (Fsp3) is 1.00. The summed E-state index contributed by atoms with van der Waals surface area (Å²) in [6.07, 6.45) is 3.98. The van der Waals surface area contributed by atoms with Crippen molar-refractivity contribution in [2.24, 2.45) is 11.7 Å². The normalized spacial score (nSPS) is 20.7. The third-order valence-corrected chi connectivity index (χ3v) is 2.43. The summed E-state index contributed by atoms with van der Waals surface area (Å²) in [7, 11) is 2.23. The zero-order valence-electron chi connectivity index (χ0n) is 7.71. The highest BCUT2D eigenvalue weighted by Crippen LogP contribution is 2.26. The predicted molar refractivity (Wildman–Crippen MR) is 48.5 cm³/mol. The molecule has 1 aliphatic carbocycles. The summed E-state index contributed by atoms with van der Waals surface area (Å²) in [6, 6.07) is 0.898. The van der Waals surface area contributed by atoms with E-state index in [0.29, 0.717) is 0 Å². The van der Waals surface area contributed by atoms with E-state index in [4.69, 9.17) is 5.73 Å². The minimum Gasteiger partial charge on any atom is -0.330 e. The molecule has 0 bridgehead atoms. The SMILES string of the molecule is CC(CCN)CN(C)C1CC1. The highest BCUT2D eigenvalue weighted by molar-refractivity contribution is 4.82. The quantitative estimate of drug-likeness (QED) is 0.645. The average Bonchev–Trinajstić information content (AvgIpc) is 2.67. The summed E-state index contributed by atoms with van der Waals surface area (Å²) < 4.78 is 0. The van der Waals surface area contributed by atoms with E-state index in [1.165, 1.54) is 19.4 Å². The lowest BCUT2D eigenvalue weighted by Gasteiger charge is -2.20. The van der Waals surface area contributed by atoms with Crippen molar-refractivity contribution < 1.29 is 0 Å². The van der Waals surface area contributed by atoms with Crippen LogP contribution in [0.3, 0.4) is 0 Å². The van der Waals surface area contributed by atoms with Crippen molar-refractivity contribution in [3.05, 3.63) is 0 Å². The second-order valence-corrected chi connectivity index (χ2v) is 3.85. The smallest absolute Gasteiger partial charge is 0.00934 e. The van der Waals surface area contributed by atoms with Gasteiger partial charge in [0.15, 0.2) is 0 Å². The van der Waals surface area contributed by atoms with Crippen molar-refractivity contribution in [2.45, 2.75) is 32.2 Å². The second-order valence-electron chi connectivity index (χ2n) is 3.85. The van der Waals surface area contributed by atoms with E-state index in [0.717, 1.165) is 24.9 Å². The van der Waals surface area contributed by atoms with Gasteiger partial charge in [0.2, 0.25) is 0 Å². The number of nitrogens with zero attached hydrogens (tertiary/aromatic N) is 1. The third-order valence-electron chi connectivity index (χ3n) is 2.43. The van der Waals surface area contributed by atoms with Crippen LogP contribution in [0, 0.1) is 5.92 Å². The Morgan fingerprint density at radius 3 is 2.64 bits per heavy atom. The summed E-state index contributed by atoms with van der Waals surface area (Å²) in [5.74, 6) is 0.769. The van der Waals surface area contributed by atoms with Gasteiger partial charge in [-0.1, -0.05) is 6.92 Å². The molecule has 2 N–H and O–H groups in total. The highest BCUT2D eigenvalue weighted by atomic mass is 15.1. The maximum atomic E-state index is 5.48. The monoisotopic (exact) mass is 156 g/mol. The molecule has 1 atom stereocenters. The zero-order valence-corrected chi connectivity index (χ0v) is 7.71. The van der Waals surface area contributed by atoms with E-state index in [9.17, 15) is 0 Å². The molecule has 1 fully saturated rings. The molecule has 11 heavy (non-hydrogen) atoms. The minimum atomic E-state index is 0.769. The molecule has 0 radical (unpaired) electrons. The van der Waals surface area contributed by atoms with Crippen molar-refractivity contribution in [2.75, 3.05) is 20.1 Å². The van der Waals surface area contributed by atoms with Crippen LogP contribution in [0.15, 0.2) is 0 Å². The van der Waals surface area contributed by atoms with E-state index in [1.807, 2.05) is 0 Å². The lowest BCUT2D eigenvalue weighted by atomic mass is 10.1. The van der Waals surface area contributed by atoms with Gasteiger partial charge in [-0.25, -0.2) is 0 Å². The van der Waals surface area contributed by atoms with E-state index in [2.05, 4.69) is 18.9 Å². The van der Waals surface area contributed by atoms with Crippen LogP contribution >= 0.6 is 0 Å². The Balaban J connectivity index is 2.07. The Morgan fingerprint density at radius 1 is 1.55 bits per heavy atom. The molecule has 0 aromatic heterocycles. The molecule has 1 unspecified atom stereocenters. The predicted octanol–water partition coefficient (Wildman–Crippen LogP) is 1.07. The first-order valence-electron chi connectivity index (χ1n) is 4.64. The van der Waals surface area contributed by atoms with Gasteiger partial charge in [0.05, 0.1) is 0 Å². The van der Waals surface area contributed by atoms with Crippen molar-refractivity contribution in [3.63, 3.8) is 0 Å². The topological polar surface area (TPSA) is 29.3 Å². The zero-order chi connectivity index (χ0) is 8.27. The van der Waals surface area contributed by atoms with Crippen molar-refractivity contribution in [1.82, 2.24) is 4.90 Å². The number of hydrogen-bond donors (Lipinski definition) is 1. The molecule has 1 rings (SSSR count). The molecule has 0 heterocycles. The molecule has 0 spiro atoms. The first-order chi connectivity index (χ1) is 5.24. The van der Waals surface area contributed by atoms with Crippen LogP contribution in [-0.2, 0) is 0 Å². The van der Waals surface area contributed by atoms with Gasteiger partial charge < -0.3 is 10.6 Å². The van der Waals surface area contributed by atoms with E-state index < -0.39 is 0 Å². The molecule has 0 saturated heterocycles. The Morgan fingerprint density at radius 2 is 2.18 bits per heavy atom. The summed E-state index contributed by atoms with van der Waals surface area (Å²) in [5.41, 5.74) is 5.48. The average molecular weight is 156 g/mol. The molecule has 0 aromatic carbocycles. The Bertz CT molecular complexity index is 110. The first-order valence-corrected chi connectivity index (χ1v) is 4.64. The van der Waals surface area contributed by atoms with Crippen LogP contribution in [0.1, 0.15) is 26.2 Å². The largest absolute Gasteiger partial charge is 0.330 e. The van der Waals surface area contributed by atoms with Crippen molar-refractivity contribution in [1.29, 1.82) is 0 Å². The number of nitrogens with two attached hydrogens (primary N) is 1. The molecular weight excluding hydrogens is 136 g/mol. The van der Waals surface area contributed by atoms with Crippen LogP contribution < -0.4 is 5.73 Å². The Labute approximate surface area is 69.8 Å². The molecule has 1 saturated carbocycles. The van der Waals surface area contributed by atoms with Crippen LogP contribution in [0.4, 0.5) is 0 Å². The number of hydrogen-bond acceptors (Lipinski definition) is 2. The summed E-state index contributed by atoms with van der Waals surface area (Å²) in [4.78, 5) is 2.47. The maximum absolute atomic E-state index is 5.48. The molecule has 1 aliphatic rings. The Kier molecular flexibility index (Phi) is 3.34. The van der Waals surface area contributed by atoms with E-state index in [-0.39, 0.29) is 0 Å². The highest BCUT2D eigenvalue weighted by Gasteiger charge is 2.26. The van der Waals surface area contributed by atoms with Gasteiger partial charge in [-0.05, 0) is 38.8 Å². The van der Waals surface area contributed by atoms with Crippen LogP contribution in [0.2, 0.25) is 0 Å². The molecule has 2 nitrogen and oxygen atoms in total. The van der Waals surface area contributed by atoms with Gasteiger partial charge in [-0.15, -0.1) is 0 Å². The summed E-state index contributed by atoms with van der Waals surface area (Å²) in [6.45, 7) is 4.34. The van der Waals surface area contributed by atoms with Gasteiger partial charge in [0.1, 0.15) is 0 Å². The van der Waals surface area contributed by atoms with Crippen LogP contribution in [0.5, 0.6) is 0 Å². The first kappa shape index (κ1) is 9.01. The maximum Gasteiger partial charge on any atom is 0.00934 e. The lowest BCUT2D eigenvalue weighted by Crippen LogP contribution is -2.27. The van der Waals surface area contributed by atoms with Crippen molar-refractivity contribution >= 4 is 0 Å². The fourth-order valence-electron chi connectivity index (χ4n) is 1.53. The van der Waals surface area contributed by atoms with Gasteiger partial charge in [0.25, 0.3) is 0 Å². The van der Waals surface area contributed by atoms with Crippen molar-refractivity contribution in [3.8, 4) is 0 Å². The van der Waals surface area contributed by atoms with E-state index >= 15 is 0 Å². The number of rotatable bonds is 5. The standard InChI is InChI=1S/C9H20N2/c1-8(5-6-10)7-11(2)9-3-4-9/h8-9H,3-7,10H2,1-2H3. The summed E-state index contributed by atoms with van der Waals surface area (Å²) in [5, 5.41) is 0. The Hall–Kier alpha value is -0.0800. The van der Waals surface area contributed by atoms with E-state index in [1.54, 1.807) is 0 Å². The summed E-state index contributed by atoms with van der Waals surface area (Å²) >= 11 is 0. The lowest BCUT2D eigenvalue weighted by molar-refractivity contribution is 0.271. The molecular formula is C9H20N2. The molecule has 0 aromatic rings. The van der Waals surface area contributed by atoms with Gasteiger partial charge in [-0.2, -0.15) is 0 Å². The van der Waals surface area contributed by atoms with Crippen LogP contribution in [0.25, 0.3) is 0 Å². The molecule has 0 amide bonds. The van der Waals surface area contributed by atoms with Gasteiger partial charge in [0, 0.05) is 12.6 Å². The fourth-order valence-corrected chi connectivity index (χ4v) is 1.53. The van der Waals surface area contributed by atoms with Gasteiger partial charge in [-0.3, -0.25) is 0 Å². The minimum absolute atomic E-state index is 0.769. The second kappa shape index (κ2) is 4.07. The van der Waals surface area contributed by atoms with Crippen LogP contribution in [-0.4, -0.2) is 31.1 Å².